The summed E-state index contributed by atoms with van der Waals surface area (Å²) in [6.45, 7) is 12.1. The van der Waals surface area contributed by atoms with Crippen LogP contribution < -0.4 is 10.9 Å². The van der Waals surface area contributed by atoms with E-state index in [2.05, 4.69) is 35.6 Å². The van der Waals surface area contributed by atoms with E-state index in [1.54, 1.807) is 24.3 Å². The number of carbonyl (C=O) groups is 1. The second-order valence-electron chi connectivity index (χ2n) is 7.56. The fourth-order valence-corrected chi connectivity index (χ4v) is 3.95. The van der Waals surface area contributed by atoms with E-state index < -0.39 is 0 Å². The first-order valence-corrected chi connectivity index (χ1v) is 10.3. The number of carbonyl (C=O) groups excluding carboxylic acids is 1. The topological polar surface area (TPSA) is 79.4 Å². The van der Waals surface area contributed by atoms with Gasteiger partial charge in [-0.1, -0.05) is 19.9 Å². The van der Waals surface area contributed by atoms with E-state index >= 15 is 0 Å². The molecule has 0 spiro atoms. The van der Waals surface area contributed by atoms with Gasteiger partial charge in [0, 0.05) is 37.8 Å². The summed E-state index contributed by atoms with van der Waals surface area (Å²) in [6, 6.07) is 5.27. The Kier molecular flexibility index (Phi) is 7.00. The van der Waals surface area contributed by atoms with Gasteiger partial charge in [-0.3, -0.25) is 19.1 Å². The van der Waals surface area contributed by atoms with Crippen LogP contribution in [0, 0.1) is 10.7 Å². The third-order valence-electron chi connectivity index (χ3n) is 5.31. The maximum absolute atomic E-state index is 12.7. The maximum atomic E-state index is 12.7. The number of amides is 1. The molecule has 0 saturated carbocycles. The highest BCUT2D eigenvalue weighted by atomic mass is 32.1. The Hall–Kier alpha value is -2.29. The number of nitrogens with zero attached hydrogens (tertiary/aromatic N) is 2. The number of ether oxygens (including phenoxy) is 1. The minimum atomic E-state index is -0.192. The number of rotatable bonds is 7. The molecule has 1 unspecified atom stereocenters. The molecule has 1 atom stereocenters. The van der Waals surface area contributed by atoms with Gasteiger partial charge in [-0.2, -0.15) is 0 Å². The molecule has 8 heteroatoms. The normalized spacial score (nSPS) is 16.1. The Morgan fingerprint density at radius 2 is 2.10 bits per heavy atom. The largest absolute Gasteiger partial charge is 0.379 e. The third-order valence-corrected chi connectivity index (χ3v) is 5.63. The van der Waals surface area contributed by atoms with Gasteiger partial charge in [0.2, 0.25) is 0 Å². The maximum Gasteiger partial charge on any atom is 0.262 e. The smallest absolute Gasteiger partial charge is 0.262 e. The summed E-state index contributed by atoms with van der Waals surface area (Å²) in [7, 11) is 0. The third kappa shape index (κ3) is 4.83. The van der Waals surface area contributed by atoms with Crippen LogP contribution in [0.3, 0.4) is 0 Å². The van der Waals surface area contributed by atoms with Crippen LogP contribution in [0.5, 0.6) is 0 Å². The van der Waals surface area contributed by atoms with E-state index in [4.69, 9.17) is 17.0 Å². The van der Waals surface area contributed by atoms with Gasteiger partial charge in [-0.15, -0.1) is 6.58 Å². The first-order chi connectivity index (χ1) is 13.9. The number of aromatic nitrogens is 2. The molecule has 0 aliphatic carbocycles. The average molecular weight is 417 g/mol. The van der Waals surface area contributed by atoms with Crippen molar-refractivity contribution in [2.75, 3.05) is 32.8 Å². The van der Waals surface area contributed by atoms with Gasteiger partial charge in [0.1, 0.15) is 0 Å². The Morgan fingerprint density at radius 1 is 1.38 bits per heavy atom. The van der Waals surface area contributed by atoms with Gasteiger partial charge in [-0.25, -0.2) is 0 Å². The van der Waals surface area contributed by atoms with Crippen LogP contribution in [0.25, 0.3) is 10.9 Å². The van der Waals surface area contributed by atoms with Crippen LogP contribution in [-0.4, -0.2) is 59.2 Å². The molecule has 1 aromatic carbocycles. The Balaban J connectivity index is 1.78. The molecule has 1 saturated heterocycles. The van der Waals surface area contributed by atoms with E-state index in [0.717, 1.165) is 26.3 Å². The second-order valence-corrected chi connectivity index (χ2v) is 7.95. The van der Waals surface area contributed by atoms with Crippen LogP contribution >= 0.6 is 12.2 Å². The van der Waals surface area contributed by atoms with Crippen LogP contribution in [0.2, 0.25) is 0 Å². The number of fused-ring (bicyclic) bond motifs is 1. The molecule has 2 N–H and O–H groups in total. The number of nitrogens with one attached hydrogen (secondary N) is 2. The van der Waals surface area contributed by atoms with E-state index in [1.807, 2.05) is 0 Å². The fourth-order valence-electron chi connectivity index (χ4n) is 3.69. The molecule has 1 aromatic heterocycles. The van der Waals surface area contributed by atoms with Crippen LogP contribution in [0.15, 0.2) is 35.6 Å². The standard InChI is InChI=1S/C21H28N4O3S/c1-4-7-25-20(27)16-6-5-15(12-17(16)23-21(25)29)19(26)22-13-18(14(2)3)24-8-10-28-11-9-24/h4-6,12,14,18H,1,7-11,13H2,2-3H3,(H,22,26)(H,23,29). The molecule has 2 heterocycles. The quantitative estimate of drug-likeness (QED) is 0.535. The summed E-state index contributed by atoms with van der Waals surface area (Å²) >= 11 is 5.27. The van der Waals surface area contributed by atoms with E-state index in [0.29, 0.717) is 40.2 Å². The molecule has 0 bridgehead atoms. The lowest BCUT2D eigenvalue weighted by Gasteiger charge is -2.36. The van der Waals surface area contributed by atoms with Crippen molar-refractivity contribution < 1.29 is 9.53 Å². The molecule has 0 radical (unpaired) electrons. The van der Waals surface area contributed by atoms with Crippen molar-refractivity contribution in [2.24, 2.45) is 5.92 Å². The van der Waals surface area contributed by atoms with Gasteiger partial charge >= 0.3 is 0 Å². The first kappa shape index (κ1) is 21.4. The Bertz CT molecular complexity index is 1010. The van der Waals surface area contributed by atoms with E-state index in [-0.39, 0.29) is 17.5 Å². The molecular weight excluding hydrogens is 388 g/mol. The monoisotopic (exact) mass is 416 g/mol. The molecular formula is C21H28N4O3S. The molecule has 156 valence electrons. The molecule has 1 aliphatic heterocycles. The highest BCUT2D eigenvalue weighted by Crippen LogP contribution is 2.14. The van der Waals surface area contributed by atoms with E-state index in [9.17, 15) is 9.59 Å². The first-order valence-electron chi connectivity index (χ1n) is 9.90. The van der Waals surface area contributed by atoms with Crippen molar-refractivity contribution >= 4 is 29.0 Å². The summed E-state index contributed by atoms with van der Waals surface area (Å²) in [5, 5.41) is 3.54. The lowest BCUT2D eigenvalue weighted by atomic mass is 10.0. The fraction of sp³-hybridized carbons (Fsp3) is 0.476. The number of hydrogen-bond donors (Lipinski definition) is 2. The van der Waals surface area contributed by atoms with Crippen molar-refractivity contribution in [3.63, 3.8) is 0 Å². The van der Waals surface area contributed by atoms with Crippen LogP contribution in [-0.2, 0) is 11.3 Å². The zero-order valence-corrected chi connectivity index (χ0v) is 17.8. The van der Waals surface area contributed by atoms with Gasteiger partial charge in [0.15, 0.2) is 4.77 Å². The second kappa shape index (κ2) is 9.47. The number of allylic oxidation sites excluding steroid dienone is 1. The summed E-state index contributed by atoms with van der Waals surface area (Å²) in [4.78, 5) is 30.8. The van der Waals surface area contributed by atoms with Crippen molar-refractivity contribution in [3.8, 4) is 0 Å². The zero-order chi connectivity index (χ0) is 21.0. The molecule has 1 aliphatic rings. The number of H-pyrrole nitrogens is 1. The average Bonchev–Trinajstić information content (AvgIpc) is 2.71. The predicted octanol–water partition coefficient (Wildman–Crippen LogP) is 2.33. The van der Waals surface area contributed by atoms with Crippen LogP contribution in [0.4, 0.5) is 0 Å². The molecule has 1 amide bonds. The van der Waals surface area contributed by atoms with Crippen molar-refractivity contribution in [1.29, 1.82) is 0 Å². The summed E-state index contributed by atoms with van der Waals surface area (Å²) in [5.41, 5.74) is 0.859. The number of benzene rings is 1. The Morgan fingerprint density at radius 3 is 2.76 bits per heavy atom. The summed E-state index contributed by atoms with van der Waals surface area (Å²) in [5.74, 6) is 0.241. The van der Waals surface area contributed by atoms with Gasteiger partial charge in [-0.05, 0) is 36.3 Å². The molecule has 1 fully saturated rings. The van der Waals surface area contributed by atoms with Crippen molar-refractivity contribution in [1.82, 2.24) is 19.8 Å². The zero-order valence-electron chi connectivity index (χ0n) is 16.9. The lowest BCUT2D eigenvalue weighted by Crippen LogP contribution is -2.51. The van der Waals surface area contributed by atoms with Crippen molar-refractivity contribution in [3.05, 3.63) is 51.5 Å². The highest BCUT2D eigenvalue weighted by Gasteiger charge is 2.24. The number of hydrogen-bond acceptors (Lipinski definition) is 5. The lowest BCUT2D eigenvalue weighted by molar-refractivity contribution is 0.00673. The van der Waals surface area contributed by atoms with Crippen molar-refractivity contribution in [2.45, 2.75) is 26.4 Å². The highest BCUT2D eigenvalue weighted by molar-refractivity contribution is 7.71. The molecule has 3 rings (SSSR count). The van der Waals surface area contributed by atoms with Crippen LogP contribution in [0.1, 0.15) is 24.2 Å². The SMILES string of the molecule is C=CCn1c(=S)[nH]c2cc(C(=O)NCC(C(C)C)N3CCOCC3)ccc2c1=O. The summed E-state index contributed by atoms with van der Waals surface area (Å²) in [6.07, 6.45) is 1.62. The minimum Gasteiger partial charge on any atom is -0.379 e. The van der Waals surface area contributed by atoms with Gasteiger partial charge in [0.25, 0.3) is 11.5 Å². The minimum absolute atomic E-state index is 0.166. The molecule has 7 nitrogen and oxygen atoms in total. The number of morpholine rings is 1. The number of aromatic amines is 1. The van der Waals surface area contributed by atoms with E-state index in [1.165, 1.54) is 4.57 Å². The van der Waals surface area contributed by atoms with Gasteiger partial charge < -0.3 is 15.0 Å². The summed E-state index contributed by atoms with van der Waals surface area (Å²) < 4.78 is 7.19. The predicted molar refractivity (Wildman–Crippen MR) is 117 cm³/mol. The van der Waals surface area contributed by atoms with Gasteiger partial charge in [0.05, 0.1) is 24.1 Å². The molecule has 2 aromatic rings. The Labute approximate surface area is 175 Å². The molecule has 29 heavy (non-hydrogen) atoms.